The number of nitrogens with one attached hydrogen (secondary N) is 1. The Bertz CT molecular complexity index is 183. The SMILES string of the molecule is C1CCN=C(N2CCNCC2)CC1. The van der Waals surface area contributed by atoms with E-state index in [2.05, 4.69) is 15.2 Å². The van der Waals surface area contributed by atoms with Crippen LogP contribution in [0.3, 0.4) is 0 Å². The van der Waals surface area contributed by atoms with Crippen molar-refractivity contribution < 1.29 is 0 Å². The summed E-state index contributed by atoms with van der Waals surface area (Å²) in [7, 11) is 0. The molecule has 1 N–H and O–H groups in total. The first-order valence-electron chi connectivity index (χ1n) is 5.46. The van der Waals surface area contributed by atoms with Crippen LogP contribution in [0.1, 0.15) is 25.7 Å². The predicted octanol–water partition coefficient (Wildman–Crippen LogP) is 0.864. The second-order valence-corrected chi connectivity index (χ2v) is 3.85. The maximum absolute atomic E-state index is 4.66. The zero-order valence-electron chi connectivity index (χ0n) is 8.26. The van der Waals surface area contributed by atoms with E-state index < -0.39 is 0 Å². The van der Waals surface area contributed by atoms with E-state index in [1.54, 1.807) is 0 Å². The Morgan fingerprint density at radius 3 is 2.77 bits per heavy atom. The first-order chi connectivity index (χ1) is 6.47. The highest BCUT2D eigenvalue weighted by Gasteiger charge is 2.14. The molecule has 1 saturated heterocycles. The number of hydrogen-bond acceptors (Lipinski definition) is 3. The van der Waals surface area contributed by atoms with Crippen LogP contribution in [0.25, 0.3) is 0 Å². The Kier molecular flexibility index (Phi) is 3.19. The van der Waals surface area contributed by atoms with Gasteiger partial charge in [0.25, 0.3) is 0 Å². The molecule has 0 aromatic carbocycles. The van der Waals surface area contributed by atoms with Gasteiger partial charge >= 0.3 is 0 Å². The Labute approximate surface area is 80.2 Å². The van der Waals surface area contributed by atoms with Gasteiger partial charge in [0, 0.05) is 39.1 Å². The molecular formula is C10H19N3. The van der Waals surface area contributed by atoms with Crippen molar-refractivity contribution in [2.75, 3.05) is 32.7 Å². The molecule has 0 bridgehead atoms. The third kappa shape index (κ3) is 2.44. The van der Waals surface area contributed by atoms with E-state index >= 15 is 0 Å². The molecule has 0 aromatic heterocycles. The summed E-state index contributed by atoms with van der Waals surface area (Å²) in [6, 6.07) is 0. The average molecular weight is 181 g/mol. The molecule has 3 heteroatoms. The van der Waals surface area contributed by atoms with E-state index in [9.17, 15) is 0 Å². The van der Waals surface area contributed by atoms with Crippen molar-refractivity contribution in [1.82, 2.24) is 10.2 Å². The lowest BCUT2D eigenvalue weighted by atomic mass is 10.2. The largest absolute Gasteiger partial charge is 0.358 e. The van der Waals surface area contributed by atoms with Gasteiger partial charge in [-0.1, -0.05) is 6.42 Å². The van der Waals surface area contributed by atoms with Crippen LogP contribution in [-0.2, 0) is 0 Å². The molecular weight excluding hydrogens is 162 g/mol. The first kappa shape index (κ1) is 9.00. The molecule has 1 fully saturated rings. The van der Waals surface area contributed by atoms with Crippen molar-refractivity contribution >= 4 is 5.84 Å². The van der Waals surface area contributed by atoms with Crippen LogP contribution < -0.4 is 5.32 Å². The van der Waals surface area contributed by atoms with Gasteiger partial charge in [0.1, 0.15) is 0 Å². The molecule has 0 aromatic rings. The molecule has 74 valence electrons. The van der Waals surface area contributed by atoms with Crippen LogP contribution >= 0.6 is 0 Å². The number of piperazine rings is 1. The molecule has 2 heterocycles. The summed E-state index contributed by atoms with van der Waals surface area (Å²) in [6.45, 7) is 5.61. The molecule has 0 amide bonds. The quantitative estimate of drug-likeness (QED) is 0.600. The average Bonchev–Trinajstić information content (AvgIpc) is 2.47. The molecule has 0 unspecified atom stereocenters. The maximum Gasteiger partial charge on any atom is 0.0989 e. The summed E-state index contributed by atoms with van der Waals surface area (Å²) in [5.74, 6) is 1.37. The van der Waals surface area contributed by atoms with Crippen LogP contribution in [0.4, 0.5) is 0 Å². The standard InChI is InChI=1S/C10H19N3/c1-2-4-10(12-5-3-1)13-8-6-11-7-9-13/h11H,1-9H2. The summed E-state index contributed by atoms with van der Waals surface area (Å²) < 4.78 is 0. The topological polar surface area (TPSA) is 27.6 Å². The first-order valence-corrected chi connectivity index (χ1v) is 5.46. The lowest BCUT2D eigenvalue weighted by Gasteiger charge is -2.30. The van der Waals surface area contributed by atoms with E-state index in [1.807, 2.05) is 0 Å². The van der Waals surface area contributed by atoms with Crippen LogP contribution in [0.2, 0.25) is 0 Å². The second kappa shape index (κ2) is 4.61. The second-order valence-electron chi connectivity index (χ2n) is 3.85. The Morgan fingerprint density at radius 2 is 1.92 bits per heavy atom. The Morgan fingerprint density at radius 1 is 1.08 bits per heavy atom. The molecule has 0 saturated carbocycles. The molecule has 0 radical (unpaired) electrons. The summed E-state index contributed by atoms with van der Waals surface area (Å²) in [6.07, 6.45) is 5.19. The third-order valence-corrected chi connectivity index (χ3v) is 2.83. The fourth-order valence-electron chi connectivity index (χ4n) is 2.04. The zero-order chi connectivity index (χ0) is 8.93. The Hall–Kier alpha value is -0.570. The van der Waals surface area contributed by atoms with Crippen molar-refractivity contribution in [2.45, 2.75) is 25.7 Å². The molecule has 13 heavy (non-hydrogen) atoms. The smallest absolute Gasteiger partial charge is 0.0989 e. The minimum Gasteiger partial charge on any atom is -0.358 e. The van der Waals surface area contributed by atoms with Gasteiger partial charge in [-0.3, -0.25) is 4.99 Å². The number of nitrogens with zero attached hydrogens (tertiary/aromatic N) is 2. The minimum atomic E-state index is 1.05. The minimum absolute atomic E-state index is 1.05. The van der Waals surface area contributed by atoms with Gasteiger partial charge in [-0.15, -0.1) is 0 Å². The normalized spacial score (nSPS) is 25.2. The van der Waals surface area contributed by atoms with E-state index in [1.165, 1.54) is 31.5 Å². The van der Waals surface area contributed by atoms with Crippen molar-refractivity contribution in [3.05, 3.63) is 0 Å². The maximum atomic E-state index is 4.66. The molecule has 2 rings (SSSR count). The van der Waals surface area contributed by atoms with Crippen molar-refractivity contribution in [3.63, 3.8) is 0 Å². The summed E-state index contributed by atoms with van der Waals surface area (Å²) in [5.41, 5.74) is 0. The molecule has 0 atom stereocenters. The molecule has 0 spiro atoms. The van der Waals surface area contributed by atoms with Crippen LogP contribution in [0.5, 0.6) is 0 Å². The molecule has 0 aliphatic carbocycles. The molecule has 2 aliphatic heterocycles. The fraction of sp³-hybridized carbons (Fsp3) is 0.900. The Balaban J connectivity index is 1.92. The molecule has 2 aliphatic rings. The van der Waals surface area contributed by atoms with E-state index in [0.29, 0.717) is 0 Å². The van der Waals surface area contributed by atoms with Gasteiger partial charge in [-0.05, 0) is 12.8 Å². The lowest BCUT2D eigenvalue weighted by molar-refractivity contribution is 0.350. The van der Waals surface area contributed by atoms with E-state index in [0.717, 1.165) is 32.7 Å². The van der Waals surface area contributed by atoms with E-state index in [4.69, 9.17) is 0 Å². The monoisotopic (exact) mass is 181 g/mol. The van der Waals surface area contributed by atoms with Crippen molar-refractivity contribution in [2.24, 2.45) is 4.99 Å². The zero-order valence-corrected chi connectivity index (χ0v) is 8.26. The predicted molar refractivity (Wildman–Crippen MR) is 55.2 cm³/mol. The fourth-order valence-corrected chi connectivity index (χ4v) is 2.04. The highest BCUT2D eigenvalue weighted by atomic mass is 15.2. The van der Waals surface area contributed by atoms with Gasteiger partial charge in [0.15, 0.2) is 0 Å². The van der Waals surface area contributed by atoms with Gasteiger partial charge in [-0.25, -0.2) is 0 Å². The summed E-state index contributed by atoms with van der Waals surface area (Å²) in [4.78, 5) is 7.12. The number of rotatable bonds is 0. The van der Waals surface area contributed by atoms with Crippen molar-refractivity contribution in [3.8, 4) is 0 Å². The number of aliphatic imine (C=N–C) groups is 1. The highest BCUT2D eigenvalue weighted by Crippen LogP contribution is 2.10. The van der Waals surface area contributed by atoms with Crippen LogP contribution in [0.15, 0.2) is 4.99 Å². The van der Waals surface area contributed by atoms with Gasteiger partial charge < -0.3 is 10.2 Å². The third-order valence-electron chi connectivity index (χ3n) is 2.83. The number of amidine groups is 1. The van der Waals surface area contributed by atoms with Gasteiger partial charge in [0.05, 0.1) is 5.84 Å². The van der Waals surface area contributed by atoms with E-state index in [-0.39, 0.29) is 0 Å². The van der Waals surface area contributed by atoms with Crippen LogP contribution in [0, 0.1) is 0 Å². The van der Waals surface area contributed by atoms with Gasteiger partial charge in [0.2, 0.25) is 0 Å². The highest BCUT2D eigenvalue weighted by molar-refractivity contribution is 5.82. The van der Waals surface area contributed by atoms with Crippen molar-refractivity contribution in [1.29, 1.82) is 0 Å². The van der Waals surface area contributed by atoms with Crippen LogP contribution in [-0.4, -0.2) is 43.5 Å². The molecule has 3 nitrogen and oxygen atoms in total. The van der Waals surface area contributed by atoms with Gasteiger partial charge in [-0.2, -0.15) is 0 Å². The summed E-state index contributed by atoms with van der Waals surface area (Å²) >= 11 is 0. The summed E-state index contributed by atoms with van der Waals surface area (Å²) in [5, 5.41) is 3.37. The number of hydrogen-bond donors (Lipinski definition) is 1. The lowest BCUT2D eigenvalue weighted by Crippen LogP contribution is -2.46.